The zero-order chi connectivity index (χ0) is 6.69. The van der Waals surface area contributed by atoms with Crippen LogP contribution in [0.3, 0.4) is 0 Å². The standard InChI is InChI=1S/C8H10N.Co/c1-7-3-5-8(9-2)6-4-7;/h3,5-6,9H,1-2H3;/q-1;. The number of hydrogen-bond acceptors (Lipinski definition) is 1. The van der Waals surface area contributed by atoms with Crippen LogP contribution < -0.4 is 5.32 Å². The summed E-state index contributed by atoms with van der Waals surface area (Å²) in [7, 11) is 1.90. The first-order valence-corrected chi connectivity index (χ1v) is 2.99. The van der Waals surface area contributed by atoms with Crippen molar-refractivity contribution in [3.63, 3.8) is 0 Å². The van der Waals surface area contributed by atoms with Crippen LogP contribution in [0.1, 0.15) is 5.56 Å². The van der Waals surface area contributed by atoms with Crippen LogP contribution in [0.2, 0.25) is 0 Å². The Hall–Kier alpha value is -0.474. The van der Waals surface area contributed by atoms with E-state index in [2.05, 4.69) is 11.4 Å². The van der Waals surface area contributed by atoms with Gasteiger partial charge in [-0.3, -0.25) is 0 Å². The summed E-state index contributed by atoms with van der Waals surface area (Å²) in [6.07, 6.45) is 0. The Bertz CT molecular complexity index is 181. The first-order valence-electron chi connectivity index (χ1n) is 2.99. The summed E-state index contributed by atoms with van der Waals surface area (Å²) in [5.41, 5.74) is 2.29. The predicted octanol–water partition coefficient (Wildman–Crippen LogP) is 1.83. The Labute approximate surface area is 72.0 Å². The number of hydrogen-bond donors (Lipinski definition) is 1. The maximum atomic E-state index is 3.09. The molecule has 1 radical (unpaired) electrons. The predicted molar refractivity (Wildman–Crippen MR) is 39.6 cm³/mol. The first kappa shape index (κ1) is 9.53. The molecule has 0 aromatic heterocycles. The number of aryl methyl sites for hydroxylation is 1. The van der Waals surface area contributed by atoms with Crippen LogP contribution in [-0.4, -0.2) is 7.05 Å². The fourth-order valence-corrected chi connectivity index (χ4v) is 0.658. The minimum absolute atomic E-state index is 0. The van der Waals surface area contributed by atoms with Crippen molar-refractivity contribution >= 4 is 5.69 Å². The van der Waals surface area contributed by atoms with Gasteiger partial charge in [-0.05, 0) is 7.05 Å². The molecule has 10 heavy (non-hydrogen) atoms. The van der Waals surface area contributed by atoms with E-state index in [1.165, 1.54) is 5.56 Å². The molecule has 1 rings (SSSR count). The average Bonchev–Trinajstić information content (AvgIpc) is 1.90. The molecule has 1 aromatic rings. The van der Waals surface area contributed by atoms with Gasteiger partial charge in [-0.15, -0.1) is 6.07 Å². The van der Waals surface area contributed by atoms with Crippen LogP contribution in [0.4, 0.5) is 5.69 Å². The summed E-state index contributed by atoms with van der Waals surface area (Å²) < 4.78 is 0. The van der Waals surface area contributed by atoms with E-state index >= 15 is 0 Å². The van der Waals surface area contributed by atoms with E-state index in [4.69, 9.17) is 0 Å². The molecule has 2 heteroatoms. The molecule has 0 atom stereocenters. The molecule has 0 bridgehead atoms. The van der Waals surface area contributed by atoms with Crippen LogP contribution in [0.5, 0.6) is 0 Å². The van der Waals surface area contributed by atoms with Gasteiger partial charge < -0.3 is 5.32 Å². The fraction of sp³-hybridized carbons (Fsp3) is 0.250. The fourth-order valence-electron chi connectivity index (χ4n) is 0.658. The zero-order valence-corrected chi connectivity index (χ0v) is 7.11. The Balaban J connectivity index is 0.000000810. The normalized spacial score (nSPS) is 8.20. The Morgan fingerprint density at radius 3 is 2.50 bits per heavy atom. The molecule has 0 aliphatic rings. The molecule has 0 amide bonds. The van der Waals surface area contributed by atoms with Crippen molar-refractivity contribution in [3.05, 3.63) is 29.8 Å². The van der Waals surface area contributed by atoms with Crippen molar-refractivity contribution in [2.24, 2.45) is 0 Å². The maximum absolute atomic E-state index is 3.09. The van der Waals surface area contributed by atoms with E-state index in [-0.39, 0.29) is 16.8 Å². The quantitative estimate of drug-likeness (QED) is 0.648. The third kappa shape index (κ3) is 2.41. The van der Waals surface area contributed by atoms with Crippen LogP contribution in [-0.2, 0) is 16.8 Å². The van der Waals surface area contributed by atoms with E-state index in [1.54, 1.807) is 0 Å². The van der Waals surface area contributed by atoms with Crippen LogP contribution >= 0.6 is 0 Å². The summed E-state index contributed by atoms with van der Waals surface area (Å²) in [6, 6.07) is 9.10. The third-order valence-electron chi connectivity index (χ3n) is 1.26. The van der Waals surface area contributed by atoms with Gasteiger partial charge in [0.25, 0.3) is 0 Å². The van der Waals surface area contributed by atoms with Gasteiger partial charge in [0.1, 0.15) is 0 Å². The molecule has 0 unspecified atom stereocenters. The van der Waals surface area contributed by atoms with Crippen molar-refractivity contribution in [3.8, 4) is 0 Å². The van der Waals surface area contributed by atoms with Crippen LogP contribution in [0, 0.1) is 13.0 Å². The number of rotatable bonds is 1. The molecule has 57 valence electrons. The number of nitrogens with one attached hydrogen (secondary N) is 1. The third-order valence-corrected chi connectivity index (χ3v) is 1.26. The largest absolute Gasteiger partial charge is 0.439 e. The van der Waals surface area contributed by atoms with E-state index in [1.807, 2.05) is 32.2 Å². The van der Waals surface area contributed by atoms with E-state index in [0.29, 0.717) is 0 Å². The van der Waals surface area contributed by atoms with Crippen molar-refractivity contribution < 1.29 is 16.8 Å². The van der Waals surface area contributed by atoms with Gasteiger partial charge in [-0.25, -0.2) is 0 Å². The molecule has 0 spiro atoms. The van der Waals surface area contributed by atoms with E-state index in [0.717, 1.165) is 5.69 Å². The summed E-state index contributed by atoms with van der Waals surface area (Å²) in [5, 5.41) is 3.02. The molecule has 1 N–H and O–H groups in total. The van der Waals surface area contributed by atoms with Gasteiger partial charge in [0.05, 0.1) is 0 Å². The van der Waals surface area contributed by atoms with Crippen LogP contribution in [0.25, 0.3) is 0 Å². The number of anilines is 1. The van der Waals surface area contributed by atoms with Gasteiger partial charge in [-0.1, -0.05) is 12.6 Å². The molecular weight excluding hydrogens is 169 g/mol. The monoisotopic (exact) mass is 179 g/mol. The second kappa shape index (κ2) is 4.36. The average molecular weight is 179 g/mol. The van der Waals surface area contributed by atoms with Crippen molar-refractivity contribution in [1.29, 1.82) is 0 Å². The second-order valence-corrected chi connectivity index (χ2v) is 2.01. The van der Waals surface area contributed by atoms with E-state index in [9.17, 15) is 0 Å². The SMILES string of the molecule is CNc1c[c-]c(C)cc1.[Co]. The summed E-state index contributed by atoms with van der Waals surface area (Å²) in [6.45, 7) is 2.03. The second-order valence-electron chi connectivity index (χ2n) is 2.01. The maximum Gasteiger partial charge on any atom is 0 e. The molecule has 0 saturated carbocycles. The molecule has 1 nitrogen and oxygen atoms in total. The van der Waals surface area contributed by atoms with Gasteiger partial charge >= 0.3 is 0 Å². The first-order chi connectivity index (χ1) is 4.33. The minimum atomic E-state index is 0. The van der Waals surface area contributed by atoms with Gasteiger partial charge in [0.2, 0.25) is 0 Å². The van der Waals surface area contributed by atoms with Crippen molar-refractivity contribution in [1.82, 2.24) is 0 Å². The topological polar surface area (TPSA) is 12.0 Å². The summed E-state index contributed by atoms with van der Waals surface area (Å²) in [4.78, 5) is 0. The smallest absolute Gasteiger partial charge is 0 e. The molecular formula is C8H10CoN-. The number of benzene rings is 1. The molecule has 0 aliphatic heterocycles. The molecule has 0 saturated heterocycles. The van der Waals surface area contributed by atoms with Crippen molar-refractivity contribution in [2.45, 2.75) is 6.92 Å². The Morgan fingerprint density at radius 2 is 2.10 bits per heavy atom. The van der Waals surface area contributed by atoms with Crippen molar-refractivity contribution in [2.75, 3.05) is 12.4 Å². The Kier molecular flexibility index (Phi) is 4.15. The molecule has 0 aliphatic carbocycles. The van der Waals surface area contributed by atoms with Crippen LogP contribution in [0.15, 0.2) is 18.2 Å². The van der Waals surface area contributed by atoms with Gasteiger partial charge in [-0.2, -0.15) is 23.8 Å². The van der Waals surface area contributed by atoms with E-state index < -0.39 is 0 Å². The summed E-state index contributed by atoms with van der Waals surface area (Å²) >= 11 is 0. The van der Waals surface area contributed by atoms with Gasteiger partial charge in [0, 0.05) is 16.8 Å². The summed E-state index contributed by atoms with van der Waals surface area (Å²) in [5.74, 6) is 0. The zero-order valence-electron chi connectivity index (χ0n) is 6.07. The Morgan fingerprint density at radius 1 is 1.40 bits per heavy atom. The van der Waals surface area contributed by atoms with Gasteiger partial charge in [0.15, 0.2) is 0 Å². The molecule has 0 fully saturated rings. The molecule has 1 aromatic carbocycles. The minimum Gasteiger partial charge on any atom is -0.439 e. The molecule has 0 heterocycles.